The molecule has 2 aromatic heterocycles. The quantitative estimate of drug-likeness (QED) is 0.206. The fraction of sp³-hybridized carbons (Fsp3) is 0.0769. The summed E-state index contributed by atoms with van der Waals surface area (Å²) in [5.74, 6) is -2.25. The van der Waals surface area contributed by atoms with Crippen LogP contribution < -0.4 is 10.2 Å². The second-order valence-electron chi connectivity index (χ2n) is 6.08. The smallest absolute Gasteiger partial charge is 0.545 e. The number of hydrogen-bond donors (Lipinski definition) is 0. The molecule has 0 amide bonds. The maximum absolute atomic E-state index is 10.3. The molecular weight excluding hydrogens is 548 g/mol. The summed E-state index contributed by atoms with van der Waals surface area (Å²) in [6.45, 7) is 0. The molecule has 3 N–H and O–H groups in total. The summed E-state index contributed by atoms with van der Waals surface area (Å²) in [5, 5.41) is 20.6. The summed E-state index contributed by atoms with van der Waals surface area (Å²) in [6.07, 6.45) is 10.9. The summed E-state index contributed by atoms with van der Waals surface area (Å²) < 4.78 is 0. The van der Waals surface area contributed by atoms with Crippen molar-refractivity contribution in [3.63, 3.8) is 0 Å². The molecule has 0 aliphatic rings. The van der Waals surface area contributed by atoms with E-state index < -0.39 is 11.9 Å². The number of carbonyl (C=O) groups is 2. The zero-order chi connectivity index (χ0) is 25.0. The van der Waals surface area contributed by atoms with Crippen molar-refractivity contribution in [2.75, 3.05) is 12.5 Å². The van der Waals surface area contributed by atoms with Gasteiger partial charge >= 0.3 is 17.1 Å². The predicted octanol–water partition coefficient (Wildman–Crippen LogP) is 2.78. The van der Waals surface area contributed by atoms with E-state index in [1.54, 1.807) is 96.8 Å². The van der Waals surface area contributed by atoms with E-state index in [9.17, 15) is 19.8 Å². The number of aromatic carboxylic acids is 2. The van der Waals surface area contributed by atoms with Crippen LogP contribution in [0.3, 0.4) is 0 Å². The maximum atomic E-state index is 10.3. The van der Waals surface area contributed by atoms with Crippen molar-refractivity contribution >= 4 is 35.5 Å². The van der Waals surface area contributed by atoms with Crippen molar-refractivity contribution in [3.05, 3.63) is 121 Å². The van der Waals surface area contributed by atoms with Crippen molar-refractivity contribution < 1.29 is 42.3 Å². The van der Waals surface area contributed by atoms with Crippen molar-refractivity contribution in [1.29, 1.82) is 0 Å². The Morgan fingerprint density at radius 2 is 0.861 bits per heavy atom. The minimum atomic E-state index is -1.13. The molecule has 0 saturated heterocycles. The zero-order valence-corrected chi connectivity index (χ0v) is 22.2. The Morgan fingerprint density at radius 3 is 1.00 bits per heavy atom. The third-order valence-corrected chi connectivity index (χ3v) is 5.27. The molecule has 0 spiro atoms. The monoisotopic (exact) mass is 574 g/mol. The van der Waals surface area contributed by atoms with Crippen LogP contribution in [0.5, 0.6) is 0 Å². The normalized spacial score (nSPS) is 8.50. The van der Waals surface area contributed by atoms with Gasteiger partial charge in [0.15, 0.2) is 0 Å². The minimum absolute atomic E-state index is 0. The molecule has 7 nitrogen and oxygen atoms in total. The van der Waals surface area contributed by atoms with Gasteiger partial charge in [-0.1, -0.05) is 36.4 Å². The van der Waals surface area contributed by atoms with Gasteiger partial charge in [0.05, 0.1) is 11.9 Å². The predicted molar refractivity (Wildman–Crippen MR) is 138 cm³/mol. The first-order valence-corrected chi connectivity index (χ1v) is 12.3. The van der Waals surface area contributed by atoms with Gasteiger partial charge in [0.25, 0.3) is 0 Å². The number of carboxylic acid groups (broad SMARTS) is 2. The molecule has 2 aromatic carbocycles. The van der Waals surface area contributed by atoms with Crippen molar-refractivity contribution in [2.24, 2.45) is 0 Å². The molecule has 36 heavy (non-hydrogen) atoms. The third-order valence-electron chi connectivity index (χ3n) is 3.78. The summed E-state index contributed by atoms with van der Waals surface area (Å²) in [4.78, 5) is 30.2. The second-order valence-corrected chi connectivity index (χ2v) is 7.84. The van der Waals surface area contributed by atoms with E-state index >= 15 is 0 Å². The van der Waals surface area contributed by atoms with E-state index in [-0.39, 0.29) is 33.7 Å². The number of pyridine rings is 2. The van der Waals surface area contributed by atoms with Crippen LogP contribution in [0.25, 0.3) is 0 Å². The Kier molecular flexibility index (Phi) is 21.7. The van der Waals surface area contributed by atoms with Crippen molar-refractivity contribution in [3.8, 4) is 0 Å². The van der Waals surface area contributed by atoms with Gasteiger partial charge in [-0.25, -0.2) is 0 Å². The van der Waals surface area contributed by atoms with Crippen LogP contribution in [0.15, 0.2) is 120 Å². The van der Waals surface area contributed by atoms with E-state index in [2.05, 4.69) is 9.97 Å². The molecule has 0 bridgehead atoms. The summed E-state index contributed by atoms with van der Waals surface area (Å²) >= 11 is 3.15. The number of nitrogens with zero attached hydrogens (tertiary/aromatic N) is 2. The van der Waals surface area contributed by atoms with E-state index in [1.165, 1.54) is 0 Å². The second kappa shape index (κ2) is 22.3. The van der Waals surface area contributed by atoms with Crippen LogP contribution in [0.1, 0.15) is 20.7 Å². The van der Waals surface area contributed by atoms with Gasteiger partial charge in [0, 0.05) is 34.6 Å². The van der Waals surface area contributed by atoms with Crippen molar-refractivity contribution in [1.82, 2.24) is 9.97 Å². The molecular formula is C26H27CuN2O5S2+. The summed E-state index contributed by atoms with van der Waals surface area (Å²) in [6, 6.07) is 24.6. The van der Waals surface area contributed by atoms with E-state index in [0.717, 1.165) is 9.79 Å². The van der Waals surface area contributed by atoms with Gasteiger partial charge < -0.3 is 25.3 Å². The van der Waals surface area contributed by atoms with Crippen LogP contribution in [0, 0.1) is 0 Å². The maximum Gasteiger partial charge on any atom is 2.00 e. The zero-order valence-electron chi connectivity index (χ0n) is 19.6. The average molecular weight is 575 g/mol. The number of benzene rings is 2. The Morgan fingerprint density at radius 1 is 0.583 bits per heavy atom. The molecule has 0 aliphatic heterocycles. The molecule has 0 aliphatic carbocycles. The molecule has 0 atom stereocenters. The molecule has 0 saturated carbocycles. The largest absolute Gasteiger partial charge is 2.00 e. The van der Waals surface area contributed by atoms with E-state index in [4.69, 9.17) is 0 Å². The molecule has 193 valence electrons. The number of hydrogen-bond acceptors (Lipinski definition) is 8. The molecule has 2 heterocycles. The van der Waals surface area contributed by atoms with E-state index in [1.807, 2.05) is 48.9 Å². The van der Waals surface area contributed by atoms with Crippen LogP contribution in [0.2, 0.25) is 0 Å². The van der Waals surface area contributed by atoms with Crippen LogP contribution in [0.4, 0.5) is 0 Å². The SMILES string of the molecule is CSc1ccc(C(=O)[O-])cc1.CSc1ccc(C(=O)[O-])cc1.[Cu+2].[OH3+].c1ccncc1.c1ccncc1. The minimum Gasteiger partial charge on any atom is -0.545 e. The fourth-order valence-electron chi connectivity index (χ4n) is 2.08. The number of rotatable bonds is 4. The third kappa shape index (κ3) is 16.5. The first-order valence-electron chi connectivity index (χ1n) is 9.88. The Labute approximate surface area is 230 Å². The number of carbonyl (C=O) groups excluding carboxylic acids is 2. The van der Waals surface area contributed by atoms with Gasteiger partial charge in [-0.2, -0.15) is 0 Å². The fourth-order valence-corrected chi connectivity index (χ4v) is 2.90. The average Bonchev–Trinajstić information content (AvgIpc) is 2.92. The molecule has 10 heteroatoms. The van der Waals surface area contributed by atoms with Gasteiger partial charge in [-0.05, 0) is 72.2 Å². The Bertz CT molecular complexity index is 931. The number of thioether (sulfide) groups is 2. The van der Waals surface area contributed by atoms with Crippen LogP contribution >= 0.6 is 23.5 Å². The molecule has 0 unspecified atom stereocenters. The van der Waals surface area contributed by atoms with Gasteiger partial charge in [0.1, 0.15) is 0 Å². The van der Waals surface area contributed by atoms with Crippen molar-refractivity contribution in [2.45, 2.75) is 9.79 Å². The van der Waals surface area contributed by atoms with Gasteiger partial charge in [-0.3, -0.25) is 9.97 Å². The standard InChI is InChI=1S/2C8H8O2S.2C5H5N.Cu.H2O/c2*1-11-7-4-2-6(3-5-7)8(9)10;2*1-2-4-6-5-3-1;;/h2*2-5H,1H3,(H,9,10);2*1-5H;;1H2/q;;;;+2;/p-1. The number of carboxylic acids is 2. The Hall–Kier alpha value is -3.14. The van der Waals surface area contributed by atoms with Crippen LogP contribution in [-0.2, 0) is 22.5 Å². The first kappa shape index (κ1) is 35.0. The van der Waals surface area contributed by atoms with Gasteiger partial charge in [0.2, 0.25) is 0 Å². The number of aromatic nitrogens is 2. The summed E-state index contributed by atoms with van der Waals surface area (Å²) in [5.41, 5.74) is 0.450. The first-order chi connectivity index (χ1) is 16.5. The topological polar surface area (TPSA) is 139 Å². The molecule has 0 fully saturated rings. The van der Waals surface area contributed by atoms with Crippen LogP contribution in [-0.4, -0.2) is 34.4 Å². The molecule has 4 aromatic rings. The van der Waals surface area contributed by atoms with E-state index in [0.29, 0.717) is 0 Å². The van der Waals surface area contributed by atoms with Gasteiger partial charge in [-0.15, -0.1) is 23.5 Å². The molecule has 1 radical (unpaired) electrons. The summed E-state index contributed by atoms with van der Waals surface area (Å²) in [7, 11) is 0. The Balaban J connectivity index is 0. The molecule has 4 rings (SSSR count).